The van der Waals surface area contributed by atoms with Crippen LogP contribution in [0.5, 0.6) is 0 Å². The molecule has 0 spiro atoms. The van der Waals surface area contributed by atoms with E-state index in [-0.39, 0.29) is 81.1 Å². The first-order chi connectivity index (χ1) is 36.0. The summed E-state index contributed by atoms with van der Waals surface area (Å²) >= 11 is 0. The van der Waals surface area contributed by atoms with Crippen molar-refractivity contribution < 1.29 is 39.6 Å². The Morgan fingerprint density at radius 1 is 0.733 bits per heavy atom. The minimum atomic E-state index is -0.269. The van der Waals surface area contributed by atoms with E-state index < -0.39 is 0 Å². The second kappa shape index (κ2) is 22.7. The van der Waals surface area contributed by atoms with Gasteiger partial charge >= 0.3 is 0 Å². The average molecular weight is 1180 g/mol. The molecule has 24 heteroatoms. The molecule has 381 valence electrons. The van der Waals surface area contributed by atoms with Crippen LogP contribution in [0.4, 0.5) is 47.1 Å². The van der Waals surface area contributed by atoms with Gasteiger partial charge in [0.05, 0.1) is 17.6 Å². The van der Waals surface area contributed by atoms with Gasteiger partial charge in [0.15, 0.2) is 0 Å². The Morgan fingerprint density at radius 2 is 1.43 bits per heavy atom. The van der Waals surface area contributed by atoms with E-state index in [1.807, 2.05) is 109 Å². The summed E-state index contributed by atoms with van der Waals surface area (Å²) in [6, 6.07) is 37.0. The summed E-state index contributed by atoms with van der Waals surface area (Å²) in [5.74, 6) is 2.13. The standard InChI is InChI=1S/C18H18N8.C18H20N6O2.C15H12N5O2.Re/c19-15-22-17(21-12-14-9-5-2-6-10-14)26-18(23-15)24-16(25-26)20-11-13-7-3-1-4-8-13;1-3-5-13-10-23-18(20-13)21-17(22-23)19-12-6-4-7-14(9-12)24-15(25)8-11(2)16(24)26;21-12-6-7-13(22)20(12)15-17-14-16-11(8-9-19(14)18-15)10-4-2-1-3-5-10;/h1-10H,11-12H2,(H4,19,20,21,22,23,24,25);4,6-7,9-11H,3,5,8H2,1-2H3,(H2,19,20,21,22);1-5,8-9H,6-7H2,(H,16,17,18);/q;;-1;. The molecule has 0 saturated carbocycles. The molecule has 1 radical (unpaired) electrons. The third kappa shape index (κ3) is 11.7. The number of anilines is 8. The number of fused-ring (bicyclic) bond motifs is 3. The fourth-order valence-electron chi connectivity index (χ4n) is 8.20. The number of hydrogen-bond acceptors (Lipinski definition) is 17. The van der Waals surface area contributed by atoms with Gasteiger partial charge in [0.1, 0.15) is 5.95 Å². The maximum Gasteiger partial charge on any atom is 0.260 e. The first-order valence-corrected chi connectivity index (χ1v) is 23.9. The van der Waals surface area contributed by atoms with E-state index in [9.17, 15) is 19.2 Å². The van der Waals surface area contributed by atoms with Crippen LogP contribution in [0.2, 0.25) is 0 Å². The number of benzene rings is 4. The SMILES string of the molecule is CCCc1cn2[nH]c(Nc3cccc(N4C(=O)CC(C)C4=O)c3)nc2n1.Nc1nc(NCc2ccccc2)n2nc(NCc3ccccc3)nc2n1.O=C1CCC(=O)N1c1nc2n(n1)[CH-]C=C(c1ccccc1)N2.[Re]. The Hall–Kier alpha value is -9.27. The largest absolute Gasteiger partial charge is 0.429 e. The number of allylic oxidation sites excluding steroid dienone is 1. The Labute approximate surface area is 442 Å². The van der Waals surface area contributed by atoms with E-state index in [1.54, 1.807) is 40.7 Å². The average Bonchev–Trinajstić information content (AvgIpc) is 4.29. The van der Waals surface area contributed by atoms with Gasteiger partial charge in [-0.05, 0) is 35.7 Å². The number of H-pyrrole nitrogens is 1. The van der Waals surface area contributed by atoms with Gasteiger partial charge in [0.25, 0.3) is 11.6 Å². The van der Waals surface area contributed by atoms with Crippen molar-refractivity contribution in [3.8, 4) is 0 Å². The third-order valence-corrected chi connectivity index (χ3v) is 11.8. The number of imide groups is 2. The van der Waals surface area contributed by atoms with Gasteiger partial charge in [-0.2, -0.15) is 29.5 Å². The van der Waals surface area contributed by atoms with Crippen LogP contribution in [0.25, 0.3) is 17.3 Å². The van der Waals surface area contributed by atoms with Crippen molar-refractivity contribution in [1.29, 1.82) is 0 Å². The second-order valence-corrected chi connectivity index (χ2v) is 17.3. The number of imidazole rings is 1. The van der Waals surface area contributed by atoms with E-state index in [4.69, 9.17) is 5.73 Å². The van der Waals surface area contributed by atoms with Crippen molar-refractivity contribution in [3.63, 3.8) is 0 Å². The predicted molar refractivity (Wildman–Crippen MR) is 277 cm³/mol. The topological polar surface area (TPSA) is 282 Å². The normalized spacial score (nSPS) is 14.7. The minimum Gasteiger partial charge on any atom is -0.429 e. The van der Waals surface area contributed by atoms with Crippen molar-refractivity contribution in [2.45, 2.75) is 59.0 Å². The fourth-order valence-corrected chi connectivity index (χ4v) is 8.20. The number of amides is 4. The summed E-state index contributed by atoms with van der Waals surface area (Å²) in [7, 11) is 0. The summed E-state index contributed by atoms with van der Waals surface area (Å²) in [4.78, 5) is 76.0. The van der Waals surface area contributed by atoms with E-state index in [0.717, 1.165) is 51.5 Å². The molecule has 12 rings (SSSR count). The van der Waals surface area contributed by atoms with Gasteiger partial charge in [-0.3, -0.25) is 29.2 Å². The molecule has 2 fully saturated rings. The number of nitrogens with two attached hydrogens (primary N) is 1. The number of rotatable bonds is 13. The van der Waals surface area contributed by atoms with Crippen LogP contribution in [-0.2, 0) is 59.1 Å². The van der Waals surface area contributed by atoms with Crippen LogP contribution >= 0.6 is 0 Å². The molecule has 75 heavy (non-hydrogen) atoms. The third-order valence-electron chi connectivity index (χ3n) is 11.8. The van der Waals surface area contributed by atoms with Gasteiger partial charge in [-0.1, -0.05) is 135 Å². The van der Waals surface area contributed by atoms with Crippen LogP contribution in [-0.4, -0.2) is 82.5 Å². The van der Waals surface area contributed by atoms with Gasteiger partial charge in [0, 0.05) is 64.4 Å². The number of aromatic amines is 1. The summed E-state index contributed by atoms with van der Waals surface area (Å²) in [6.45, 7) is 6.84. The van der Waals surface area contributed by atoms with Crippen molar-refractivity contribution in [2.24, 2.45) is 5.92 Å². The molecule has 5 aromatic heterocycles. The fraction of sp³-hybridized carbons (Fsp3) is 0.196. The zero-order chi connectivity index (χ0) is 51.1. The van der Waals surface area contributed by atoms with Crippen LogP contribution in [0.15, 0.2) is 128 Å². The molecule has 3 aliphatic heterocycles. The summed E-state index contributed by atoms with van der Waals surface area (Å²) in [5.41, 5.74) is 12.3. The molecule has 4 aromatic carbocycles. The van der Waals surface area contributed by atoms with Gasteiger partial charge < -0.3 is 31.7 Å². The number of carbonyl (C=O) groups is 4. The van der Waals surface area contributed by atoms with Crippen molar-refractivity contribution >= 4 is 87.9 Å². The van der Waals surface area contributed by atoms with Crippen LogP contribution in [0, 0.1) is 12.5 Å². The van der Waals surface area contributed by atoms with E-state index in [2.05, 4.69) is 73.4 Å². The number of nitrogen functional groups attached to an aromatic ring is 1. The zero-order valence-corrected chi connectivity index (χ0v) is 43.3. The van der Waals surface area contributed by atoms with Crippen LogP contribution < -0.4 is 36.8 Å². The quantitative estimate of drug-likeness (QED) is 0.0539. The van der Waals surface area contributed by atoms with Gasteiger partial charge in [-0.15, -0.1) is 11.2 Å². The Morgan fingerprint density at radius 3 is 2.09 bits per heavy atom. The zero-order valence-electron chi connectivity index (χ0n) is 40.6. The van der Waals surface area contributed by atoms with Crippen LogP contribution in [0.3, 0.4) is 0 Å². The number of aryl methyl sites for hydroxylation is 1. The second-order valence-electron chi connectivity index (χ2n) is 17.3. The predicted octanol–water partition coefficient (Wildman–Crippen LogP) is 6.38. The van der Waals surface area contributed by atoms with E-state index >= 15 is 0 Å². The van der Waals surface area contributed by atoms with Crippen molar-refractivity contribution in [2.75, 3.05) is 36.8 Å². The smallest absolute Gasteiger partial charge is 0.260 e. The first-order valence-electron chi connectivity index (χ1n) is 23.9. The maximum absolute atomic E-state index is 12.2. The molecule has 4 amide bonds. The summed E-state index contributed by atoms with van der Waals surface area (Å²) in [5, 5.41) is 24.5. The Kier molecular flexibility index (Phi) is 15.3. The summed E-state index contributed by atoms with van der Waals surface area (Å²) in [6.07, 6.45) is 6.43. The molecule has 8 heterocycles. The van der Waals surface area contributed by atoms with Crippen molar-refractivity contribution in [1.82, 2.24) is 58.9 Å². The van der Waals surface area contributed by atoms with Crippen molar-refractivity contribution in [3.05, 3.63) is 156 Å². The van der Waals surface area contributed by atoms with E-state index in [0.29, 0.717) is 54.1 Å². The molecule has 7 N–H and O–H groups in total. The molecular formula is C51H50N19O4Re-. The van der Waals surface area contributed by atoms with Crippen LogP contribution in [0.1, 0.15) is 61.9 Å². The Balaban J connectivity index is 0.000000137. The molecule has 9 aromatic rings. The number of nitrogens with zero attached hydrogens (tertiary/aromatic N) is 13. The van der Waals surface area contributed by atoms with E-state index in [1.165, 1.54) is 9.58 Å². The van der Waals surface area contributed by atoms with Gasteiger partial charge in [0.2, 0.25) is 53.4 Å². The molecule has 23 nitrogen and oxygen atoms in total. The molecule has 1 unspecified atom stereocenters. The number of carbonyl (C=O) groups excluding carboxylic acids is 4. The monoisotopic (exact) mass is 1180 g/mol. The molecule has 2 saturated heterocycles. The summed E-state index contributed by atoms with van der Waals surface area (Å²) < 4.78 is 4.83. The number of nitrogens with one attached hydrogen (secondary N) is 5. The molecule has 3 aliphatic rings. The van der Waals surface area contributed by atoms with Gasteiger partial charge in [-0.25, -0.2) is 19.4 Å². The number of hydrogen-bond donors (Lipinski definition) is 6. The molecular weight excluding hydrogens is 1130 g/mol. The Bertz CT molecular complexity index is 3470. The maximum atomic E-state index is 12.2. The first kappa shape index (κ1) is 50.7. The number of aromatic nitrogens is 12. The molecule has 1 atom stereocenters. The molecule has 0 bridgehead atoms. The molecule has 0 aliphatic carbocycles. The minimum absolute atomic E-state index is 0.